The summed E-state index contributed by atoms with van der Waals surface area (Å²) >= 11 is 0. The maximum absolute atomic E-state index is 5.69. The molecule has 0 bridgehead atoms. The molecule has 80 valence electrons. The van der Waals surface area contributed by atoms with E-state index in [-0.39, 0.29) is 5.60 Å². The Balaban J connectivity index is 3.70. The van der Waals surface area contributed by atoms with Crippen LogP contribution in [-0.4, -0.2) is 19.3 Å². The smallest absolute Gasteiger partial charge is 0.0622 e. The zero-order valence-corrected chi connectivity index (χ0v) is 9.60. The Hall–Kier alpha value is -0.0800. The third-order valence-corrected chi connectivity index (χ3v) is 2.74. The lowest BCUT2D eigenvalue weighted by Gasteiger charge is -2.25. The van der Waals surface area contributed by atoms with E-state index in [1.165, 1.54) is 19.3 Å². The van der Waals surface area contributed by atoms with Crippen molar-refractivity contribution >= 4 is 0 Å². The van der Waals surface area contributed by atoms with Crippen molar-refractivity contribution in [1.82, 2.24) is 0 Å². The van der Waals surface area contributed by atoms with E-state index in [9.17, 15) is 0 Å². The van der Waals surface area contributed by atoms with Gasteiger partial charge in [-0.2, -0.15) is 0 Å². The molecule has 1 atom stereocenters. The summed E-state index contributed by atoms with van der Waals surface area (Å²) in [4.78, 5) is 0. The molecule has 0 aliphatic carbocycles. The lowest BCUT2D eigenvalue weighted by atomic mass is 9.92. The molecule has 13 heavy (non-hydrogen) atoms. The van der Waals surface area contributed by atoms with E-state index in [1.807, 2.05) is 0 Å². The first-order chi connectivity index (χ1) is 6.05. The Morgan fingerprint density at radius 2 is 1.92 bits per heavy atom. The van der Waals surface area contributed by atoms with Crippen LogP contribution in [0, 0.1) is 5.92 Å². The van der Waals surface area contributed by atoms with Crippen molar-refractivity contribution in [3.63, 3.8) is 0 Å². The first kappa shape index (κ1) is 12.9. The predicted molar refractivity (Wildman–Crippen MR) is 57.8 cm³/mol. The molecule has 0 heterocycles. The van der Waals surface area contributed by atoms with Crippen molar-refractivity contribution in [1.29, 1.82) is 0 Å². The van der Waals surface area contributed by atoms with Crippen LogP contribution >= 0.6 is 0 Å². The largest absolute Gasteiger partial charge is 0.379 e. The molecule has 0 fully saturated rings. The van der Waals surface area contributed by atoms with E-state index in [0.717, 1.165) is 13.0 Å². The lowest BCUT2D eigenvalue weighted by molar-refractivity contribution is 0.0103. The molecule has 0 radical (unpaired) electrons. The molecule has 2 N–H and O–H groups in total. The summed E-state index contributed by atoms with van der Waals surface area (Å²) in [7, 11) is 1.78. The van der Waals surface area contributed by atoms with E-state index in [1.54, 1.807) is 7.11 Å². The molecule has 0 aromatic rings. The van der Waals surface area contributed by atoms with Gasteiger partial charge in [0.2, 0.25) is 0 Å². The lowest BCUT2D eigenvalue weighted by Crippen LogP contribution is -2.25. The highest BCUT2D eigenvalue weighted by atomic mass is 16.5. The van der Waals surface area contributed by atoms with Crippen molar-refractivity contribution in [2.75, 3.05) is 13.7 Å². The molecule has 0 aromatic carbocycles. The van der Waals surface area contributed by atoms with Gasteiger partial charge in [0.15, 0.2) is 0 Å². The predicted octanol–water partition coefficient (Wildman–Crippen LogP) is 2.57. The van der Waals surface area contributed by atoms with Crippen molar-refractivity contribution < 1.29 is 4.74 Å². The van der Waals surface area contributed by atoms with Gasteiger partial charge >= 0.3 is 0 Å². The second-order valence-corrected chi connectivity index (χ2v) is 4.39. The fourth-order valence-electron chi connectivity index (χ4n) is 1.44. The Morgan fingerprint density at radius 3 is 2.31 bits per heavy atom. The maximum Gasteiger partial charge on any atom is 0.0622 e. The molecule has 2 nitrogen and oxygen atoms in total. The fourth-order valence-corrected chi connectivity index (χ4v) is 1.44. The molecule has 0 aliphatic heterocycles. The minimum atomic E-state index is 0.0150. The van der Waals surface area contributed by atoms with Crippen molar-refractivity contribution in [3.05, 3.63) is 0 Å². The van der Waals surface area contributed by atoms with Crippen molar-refractivity contribution in [2.24, 2.45) is 11.7 Å². The van der Waals surface area contributed by atoms with Crippen LogP contribution in [0.4, 0.5) is 0 Å². The third kappa shape index (κ3) is 6.05. The second-order valence-electron chi connectivity index (χ2n) is 4.39. The second kappa shape index (κ2) is 6.39. The van der Waals surface area contributed by atoms with Crippen LogP contribution in [0.2, 0.25) is 0 Å². The molecular formula is C11H25NO. The topological polar surface area (TPSA) is 35.2 Å². The molecule has 0 saturated heterocycles. The third-order valence-electron chi connectivity index (χ3n) is 2.74. The van der Waals surface area contributed by atoms with Gasteiger partial charge in [-0.1, -0.05) is 13.3 Å². The van der Waals surface area contributed by atoms with Gasteiger partial charge in [-0.25, -0.2) is 0 Å². The van der Waals surface area contributed by atoms with E-state index in [0.29, 0.717) is 5.92 Å². The number of ether oxygens (including phenoxy) is 1. The number of nitrogens with two attached hydrogens (primary N) is 1. The summed E-state index contributed by atoms with van der Waals surface area (Å²) in [6.45, 7) is 7.29. The van der Waals surface area contributed by atoms with Gasteiger partial charge in [0.1, 0.15) is 0 Å². The highest BCUT2D eigenvalue weighted by molar-refractivity contribution is 4.71. The van der Waals surface area contributed by atoms with Crippen LogP contribution < -0.4 is 5.73 Å². The van der Waals surface area contributed by atoms with Gasteiger partial charge in [0.25, 0.3) is 0 Å². The number of rotatable bonds is 7. The molecule has 1 unspecified atom stereocenters. The van der Waals surface area contributed by atoms with Crippen LogP contribution in [0.15, 0.2) is 0 Å². The highest BCUT2D eigenvalue weighted by Crippen LogP contribution is 2.21. The fraction of sp³-hybridized carbons (Fsp3) is 1.00. The number of methoxy groups -OCH3 is 1. The van der Waals surface area contributed by atoms with Gasteiger partial charge in [-0.3, -0.25) is 0 Å². The Bertz CT molecular complexity index is 123. The van der Waals surface area contributed by atoms with Gasteiger partial charge in [-0.15, -0.1) is 0 Å². The molecule has 0 rings (SSSR count). The molecule has 0 amide bonds. The van der Waals surface area contributed by atoms with E-state index >= 15 is 0 Å². The highest BCUT2D eigenvalue weighted by Gasteiger charge is 2.18. The number of hydrogen-bond donors (Lipinski definition) is 1. The first-order valence-electron chi connectivity index (χ1n) is 5.31. The van der Waals surface area contributed by atoms with Crippen molar-refractivity contribution in [3.8, 4) is 0 Å². The van der Waals surface area contributed by atoms with Gasteiger partial charge in [-0.05, 0) is 45.6 Å². The molecule has 0 spiro atoms. The van der Waals surface area contributed by atoms with Gasteiger partial charge in [0.05, 0.1) is 5.60 Å². The summed E-state index contributed by atoms with van der Waals surface area (Å²) in [5.41, 5.74) is 5.70. The summed E-state index contributed by atoms with van der Waals surface area (Å²) in [6, 6.07) is 0. The average Bonchev–Trinajstić information content (AvgIpc) is 2.12. The molecule has 0 aliphatic rings. The summed E-state index contributed by atoms with van der Waals surface area (Å²) in [5.74, 6) is 0.680. The van der Waals surface area contributed by atoms with Crippen molar-refractivity contribution in [2.45, 2.75) is 52.1 Å². The van der Waals surface area contributed by atoms with E-state index in [2.05, 4.69) is 20.8 Å². The zero-order valence-electron chi connectivity index (χ0n) is 9.60. The molecular weight excluding hydrogens is 162 g/mol. The Kier molecular flexibility index (Phi) is 6.35. The van der Waals surface area contributed by atoms with E-state index in [4.69, 9.17) is 10.5 Å². The van der Waals surface area contributed by atoms with Crippen LogP contribution in [0.5, 0.6) is 0 Å². The Morgan fingerprint density at radius 1 is 1.31 bits per heavy atom. The SMILES string of the molecule is CCCC(CN)CCC(C)(C)OC. The summed E-state index contributed by atoms with van der Waals surface area (Å²) in [5, 5.41) is 0. The minimum Gasteiger partial charge on any atom is -0.379 e. The summed E-state index contributed by atoms with van der Waals surface area (Å²) in [6.07, 6.45) is 4.77. The Labute approximate surface area is 82.8 Å². The van der Waals surface area contributed by atoms with Crippen LogP contribution in [-0.2, 0) is 4.74 Å². The van der Waals surface area contributed by atoms with Crippen LogP contribution in [0.1, 0.15) is 46.5 Å². The van der Waals surface area contributed by atoms with Gasteiger partial charge in [0, 0.05) is 7.11 Å². The minimum absolute atomic E-state index is 0.0150. The van der Waals surface area contributed by atoms with Crippen LogP contribution in [0.3, 0.4) is 0 Å². The van der Waals surface area contributed by atoms with E-state index < -0.39 is 0 Å². The quantitative estimate of drug-likeness (QED) is 0.665. The zero-order chi connectivity index (χ0) is 10.3. The molecule has 0 aromatic heterocycles. The molecule has 2 heteroatoms. The molecule has 0 saturated carbocycles. The standard InChI is InChI=1S/C11H25NO/c1-5-6-10(9-12)7-8-11(2,3)13-4/h10H,5-9,12H2,1-4H3. The number of hydrogen-bond acceptors (Lipinski definition) is 2. The summed E-state index contributed by atoms with van der Waals surface area (Å²) < 4.78 is 5.37. The van der Waals surface area contributed by atoms with Crippen LogP contribution in [0.25, 0.3) is 0 Å². The normalized spacial score (nSPS) is 14.5. The maximum atomic E-state index is 5.69. The first-order valence-corrected chi connectivity index (χ1v) is 5.31. The monoisotopic (exact) mass is 187 g/mol. The average molecular weight is 187 g/mol. The van der Waals surface area contributed by atoms with Gasteiger partial charge < -0.3 is 10.5 Å².